The summed E-state index contributed by atoms with van der Waals surface area (Å²) in [6.07, 6.45) is 4.89. The van der Waals surface area contributed by atoms with Crippen molar-refractivity contribution in [3.05, 3.63) is 34.9 Å². The van der Waals surface area contributed by atoms with Crippen LogP contribution >= 0.6 is 11.6 Å². The number of carboxylic acid groups (broad SMARTS) is 1. The average molecular weight is 425 g/mol. The van der Waals surface area contributed by atoms with Crippen molar-refractivity contribution in [3.8, 4) is 0 Å². The molecule has 162 valence electrons. The molecule has 1 heterocycles. The lowest BCUT2D eigenvalue weighted by Gasteiger charge is -2.45. The van der Waals surface area contributed by atoms with E-state index < -0.39 is 0 Å². The largest absolute Gasteiger partial charge is 0.483 e. The van der Waals surface area contributed by atoms with Gasteiger partial charge in [-0.25, -0.2) is 4.79 Å². The van der Waals surface area contributed by atoms with E-state index >= 15 is 0 Å². The summed E-state index contributed by atoms with van der Waals surface area (Å²) in [4.78, 5) is 27.7. The summed E-state index contributed by atoms with van der Waals surface area (Å²) in [7, 11) is 4.01. The SMILES string of the molecule is CN1CCN(C2(CNC(=O)N(C)Cc3ccccc3Cl)CCCC2)CC1.O=CO. The number of benzene rings is 1. The Balaban J connectivity index is 0.000000941. The van der Waals surface area contributed by atoms with Gasteiger partial charge in [0.05, 0.1) is 0 Å². The van der Waals surface area contributed by atoms with Crippen LogP contribution in [0.3, 0.4) is 0 Å². The molecule has 7 nitrogen and oxygen atoms in total. The van der Waals surface area contributed by atoms with Gasteiger partial charge in [-0.3, -0.25) is 9.69 Å². The van der Waals surface area contributed by atoms with Crippen molar-refractivity contribution in [1.82, 2.24) is 20.0 Å². The van der Waals surface area contributed by atoms with Gasteiger partial charge >= 0.3 is 6.03 Å². The highest BCUT2D eigenvalue weighted by atomic mass is 35.5. The van der Waals surface area contributed by atoms with E-state index in [2.05, 4.69) is 22.2 Å². The minimum atomic E-state index is -0.250. The molecule has 0 bridgehead atoms. The third-order valence-corrected chi connectivity index (χ3v) is 6.36. The average Bonchev–Trinajstić information content (AvgIpc) is 3.19. The Morgan fingerprint density at radius 1 is 1.24 bits per heavy atom. The lowest BCUT2D eigenvalue weighted by molar-refractivity contribution is -0.122. The van der Waals surface area contributed by atoms with Gasteiger partial charge in [0.25, 0.3) is 6.47 Å². The van der Waals surface area contributed by atoms with E-state index in [1.54, 1.807) is 4.90 Å². The maximum absolute atomic E-state index is 12.6. The molecule has 1 aliphatic heterocycles. The smallest absolute Gasteiger partial charge is 0.317 e. The van der Waals surface area contributed by atoms with E-state index in [4.69, 9.17) is 21.5 Å². The summed E-state index contributed by atoms with van der Waals surface area (Å²) in [5.41, 5.74) is 1.11. The van der Waals surface area contributed by atoms with E-state index in [1.165, 1.54) is 25.7 Å². The van der Waals surface area contributed by atoms with Gasteiger partial charge in [0.2, 0.25) is 0 Å². The molecule has 29 heavy (non-hydrogen) atoms. The van der Waals surface area contributed by atoms with Gasteiger partial charge in [-0.15, -0.1) is 0 Å². The minimum absolute atomic E-state index is 0.0228. The summed E-state index contributed by atoms with van der Waals surface area (Å²) in [6, 6.07) is 7.67. The number of likely N-dealkylation sites (N-methyl/N-ethyl adjacent to an activating group) is 1. The molecule has 2 N–H and O–H groups in total. The van der Waals surface area contributed by atoms with Crippen molar-refractivity contribution in [1.29, 1.82) is 0 Å². The van der Waals surface area contributed by atoms with Crippen molar-refractivity contribution < 1.29 is 14.7 Å². The lowest BCUT2D eigenvalue weighted by atomic mass is 9.94. The molecule has 0 unspecified atom stereocenters. The van der Waals surface area contributed by atoms with Crippen molar-refractivity contribution in [2.75, 3.05) is 46.8 Å². The molecule has 0 radical (unpaired) electrons. The summed E-state index contributed by atoms with van der Waals surface area (Å²) in [5, 5.41) is 10.8. The lowest BCUT2D eigenvalue weighted by Crippen LogP contribution is -2.60. The van der Waals surface area contributed by atoms with Gasteiger partial charge < -0.3 is 20.2 Å². The van der Waals surface area contributed by atoms with Crippen molar-refractivity contribution in [2.45, 2.75) is 37.8 Å². The van der Waals surface area contributed by atoms with Crippen LogP contribution in [0.25, 0.3) is 0 Å². The monoisotopic (exact) mass is 424 g/mol. The van der Waals surface area contributed by atoms with Gasteiger partial charge in [-0.2, -0.15) is 0 Å². The first-order chi connectivity index (χ1) is 13.9. The molecule has 0 atom stereocenters. The number of carbonyl (C=O) groups is 2. The van der Waals surface area contributed by atoms with E-state index in [-0.39, 0.29) is 18.0 Å². The molecule has 2 aliphatic rings. The number of hydrogen-bond donors (Lipinski definition) is 2. The molecule has 1 aromatic carbocycles. The Kier molecular flexibility index (Phi) is 9.20. The second kappa shape index (κ2) is 11.4. The fourth-order valence-corrected chi connectivity index (χ4v) is 4.44. The predicted octanol–water partition coefficient (Wildman–Crippen LogP) is 2.74. The molecule has 1 saturated carbocycles. The molecule has 0 spiro atoms. The van der Waals surface area contributed by atoms with Crippen LogP contribution in [0.1, 0.15) is 31.2 Å². The standard InChI is InChI=1S/C20H31ClN4O.CH2O2/c1-23-11-13-25(14-12-23)20(9-5-6-10-20)16-22-19(26)24(2)15-17-7-3-4-8-18(17)21;2-1-3/h3-4,7-8H,5-6,9-16H2,1-2H3,(H,22,26);1H,(H,2,3). The Hall–Kier alpha value is -1.83. The second-order valence-corrected chi connectivity index (χ2v) is 8.34. The Morgan fingerprint density at radius 3 is 2.41 bits per heavy atom. The van der Waals surface area contributed by atoms with E-state index in [1.807, 2.05) is 31.3 Å². The fraction of sp³-hybridized carbons (Fsp3) is 0.619. The highest BCUT2D eigenvalue weighted by Gasteiger charge is 2.40. The first-order valence-corrected chi connectivity index (χ1v) is 10.5. The number of amides is 2. The fourth-order valence-electron chi connectivity index (χ4n) is 4.25. The summed E-state index contributed by atoms with van der Waals surface area (Å²) >= 11 is 6.22. The van der Waals surface area contributed by atoms with Crippen LogP contribution in [-0.4, -0.2) is 84.7 Å². The third kappa shape index (κ3) is 6.59. The van der Waals surface area contributed by atoms with Crippen LogP contribution < -0.4 is 5.32 Å². The van der Waals surface area contributed by atoms with Gasteiger partial charge in [0.1, 0.15) is 0 Å². The molecule has 1 aliphatic carbocycles. The van der Waals surface area contributed by atoms with Crippen molar-refractivity contribution >= 4 is 24.1 Å². The first-order valence-electron chi connectivity index (χ1n) is 10.2. The third-order valence-electron chi connectivity index (χ3n) is 5.99. The molecule has 3 rings (SSSR count). The number of halogens is 1. The minimum Gasteiger partial charge on any atom is -0.483 e. The van der Waals surface area contributed by atoms with Crippen LogP contribution in [0.2, 0.25) is 5.02 Å². The summed E-state index contributed by atoms with van der Waals surface area (Å²) in [5.74, 6) is 0. The van der Waals surface area contributed by atoms with Gasteiger partial charge in [-0.1, -0.05) is 42.6 Å². The van der Waals surface area contributed by atoms with E-state index in [0.717, 1.165) is 38.3 Å². The molecule has 0 aromatic heterocycles. The zero-order valence-corrected chi connectivity index (χ0v) is 18.2. The number of nitrogens with one attached hydrogen (secondary N) is 1. The Labute approximate surface area is 178 Å². The van der Waals surface area contributed by atoms with Crippen LogP contribution in [0, 0.1) is 0 Å². The molecule has 2 fully saturated rings. The summed E-state index contributed by atoms with van der Waals surface area (Å²) < 4.78 is 0. The van der Waals surface area contributed by atoms with Crippen LogP contribution in [0.4, 0.5) is 4.79 Å². The van der Waals surface area contributed by atoms with Gasteiger partial charge in [-0.05, 0) is 31.5 Å². The van der Waals surface area contributed by atoms with Crippen molar-refractivity contribution in [2.24, 2.45) is 0 Å². The number of carbonyl (C=O) groups excluding carboxylic acids is 1. The highest BCUT2D eigenvalue weighted by Crippen LogP contribution is 2.35. The quantitative estimate of drug-likeness (QED) is 0.711. The topological polar surface area (TPSA) is 76.1 Å². The van der Waals surface area contributed by atoms with E-state index in [9.17, 15) is 4.79 Å². The van der Waals surface area contributed by atoms with Crippen LogP contribution in [0.5, 0.6) is 0 Å². The number of rotatable bonds is 5. The Bertz CT molecular complexity index is 659. The molecular weight excluding hydrogens is 392 g/mol. The van der Waals surface area contributed by atoms with Crippen LogP contribution in [0.15, 0.2) is 24.3 Å². The molecule has 1 saturated heterocycles. The van der Waals surface area contributed by atoms with Crippen molar-refractivity contribution in [3.63, 3.8) is 0 Å². The first kappa shape index (κ1) is 23.4. The number of nitrogens with zero attached hydrogens (tertiary/aromatic N) is 3. The number of hydrogen-bond acceptors (Lipinski definition) is 4. The number of piperazine rings is 1. The maximum atomic E-state index is 12.6. The van der Waals surface area contributed by atoms with Gasteiger partial charge in [0, 0.05) is 56.9 Å². The maximum Gasteiger partial charge on any atom is 0.317 e. The zero-order valence-electron chi connectivity index (χ0n) is 17.4. The molecular formula is C21H33ClN4O3. The normalized spacial score (nSPS) is 19.1. The van der Waals surface area contributed by atoms with E-state index in [0.29, 0.717) is 11.6 Å². The molecule has 8 heteroatoms. The second-order valence-electron chi connectivity index (χ2n) is 7.93. The summed E-state index contributed by atoms with van der Waals surface area (Å²) in [6.45, 7) is 5.43. The molecule has 2 amide bonds. The zero-order chi connectivity index (χ0) is 21.3. The number of urea groups is 1. The predicted molar refractivity (Wildman–Crippen MR) is 115 cm³/mol. The molecule has 1 aromatic rings. The Morgan fingerprint density at radius 2 is 1.83 bits per heavy atom. The van der Waals surface area contributed by atoms with Gasteiger partial charge in [0.15, 0.2) is 0 Å². The highest BCUT2D eigenvalue weighted by molar-refractivity contribution is 6.31. The van der Waals surface area contributed by atoms with Crippen LogP contribution in [-0.2, 0) is 11.3 Å².